The van der Waals surface area contributed by atoms with Crippen molar-refractivity contribution in [2.45, 2.75) is 57.5 Å². The van der Waals surface area contributed by atoms with Crippen LogP contribution in [-0.4, -0.2) is 37.6 Å². The standard InChI is InChI=1S/C22H31N3O3/c1-15(24-21(27)22-11-3-2-4-17(22)12-23-14-22)16-5-9-19(10-6-16)28-13-20(26)25-18-7-8-18/h5-6,9-10,15,17-18,23H,2-4,7-8,11-14H2,1H3,(H,24,27)(H,25,26)/t15?,17-,22+/m0/s1. The Labute approximate surface area is 166 Å². The van der Waals surface area contributed by atoms with E-state index in [0.29, 0.717) is 17.7 Å². The van der Waals surface area contributed by atoms with E-state index in [2.05, 4.69) is 16.0 Å². The average molecular weight is 386 g/mol. The number of fused-ring (bicyclic) bond motifs is 1. The highest BCUT2D eigenvalue weighted by atomic mass is 16.5. The van der Waals surface area contributed by atoms with Crippen LogP contribution in [0.2, 0.25) is 0 Å². The zero-order valence-electron chi connectivity index (χ0n) is 16.6. The summed E-state index contributed by atoms with van der Waals surface area (Å²) < 4.78 is 5.56. The average Bonchev–Trinajstić information content (AvgIpc) is 3.40. The highest BCUT2D eigenvalue weighted by molar-refractivity contribution is 5.84. The number of benzene rings is 1. The van der Waals surface area contributed by atoms with E-state index in [-0.39, 0.29) is 29.9 Å². The lowest BCUT2D eigenvalue weighted by atomic mass is 9.67. The zero-order valence-corrected chi connectivity index (χ0v) is 16.6. The van der Waals surface area contributed by atoms with Crippen molar-refractivity contribution in [2.24, 2.45) is 11.3 Å². The van der Waals surface area contributed by atoms with Gasteiger partial charge in [0, 0.05) is 12.6 Å². The number of carbonyl (C=O) groups is 2. The van der Waals surface area contributed by atoms with E-state index in [0.717, 1.165) is 50.8 Å². The molecule has 1 aliphatic heterocycles. The van der Waals surface area contributed by atoms with Crippen molar-refractivity contribution in [3.8, 4) is 5.75 Å². The minimum atomic E-state index is -0.232. The van der Waals surface area contributed by atoms with Crippen molar-refractivity contribution in [1.29, 1.82) is 0 Å². The van der Waals surface area contributed by atoms with Gasteiger partial charge >= 0.3 is 0 Å². The second-order valence-electron chi connectivity index (χ2n) is 8.62. The molecule has 6 heteroatoms. The van der Waals surface area contributed by atoms with Gasteiger partial charge in [-0.25, -0.2) is 0 Å². The molecular weight excluding hydrogens is 354 g/mol. The van der Waals surface area contributed by atoms with E-state index in [1.807, 2.05) is 31.2 Å². The summed E-state index contributed by atoms with van der Waals surface area (Å²) >= 11 is 0. The molecule has 2 amide bonds. The fourth-order valence-electron chi connectivity index (χ4n) is 4.61. The topological polar surface area (TPSA) is 79.5 Å². The van der Waals surface area contributed by atoms with Gasteiger partial charge in [-0.1, -0.05) is 25.0 Å². The molecule has 2 saturated carbocycles. The van der Waals surface area contributed by atoms with Crippen molar-refractivity contribution in [3.63, 3.8) is 0 Å². The number of amides is 2. The van der Waals surface area contributed by atoms with Gasteiger partial charge in [0.05, 0.1) is 11.5 Å². The molecule has 1 saturated heterocycles. The van der Waals surface area contributed by atoms with Crippen molar-refractivity contribution in [3.05, 3.63) is 29.8 Å². The number of ether oxygens (including phenoxy) is 1. The molecule has 0 aromatic heterocycles. The molecule has 0 bridgehead atoms. The Hall–Kier alpha value is -2.08. The molecule has 0 spiro atoms. The summed E-state index contributed by atoms with van der Waals surface area (Å²) in [5, 5.41) is 9.59. The lowest BCUT2D eigenvalue weighted by Crippen LogP contribution is -2.48. The molecule has 3 N–H and O–H groups in total. The predicted molar refractivity (Wildman–Crippen MR) is 107 cm³/mol. The fraction of sp³-hybridized carbons (Fsp3) is 0.636. The van der Waals surface area contributed by atoms with Gasteiger partial charge in [0.2, 0.25) is 5.91 Å². The van der Waals surface area contributed by atoms with Crippen LogP contribution in [0.4, 0.5) is 0 Å². The molecule has 1 heterocycles. The van der Waals surface area contributed by atoms with Crippen LogP contribution in [0, 0.1) is 11.3 Å². The summed E-state index contributed by atoms with van der Waals surface area (Å²) in [6.07, 6.45) is 6.65. The van der Waals surface area contributed by atoms with Gasteiger partial charge in [-0.3, -0.25) is 9.59 Å². The summed E-state index contributed by atoms with van der Waals surface area (Å²) in [6, 6.07) is 7.94. The van der Waals surface area contributed by atoms with Gasteiger partial charge < -0.3 is 20.7 Å². The molecule has 0 radical (unpaired) electrons. The maximum atomic E-state index is 13.1. The van der Waals surface area contributed by atoms with Crippen molar-refractivity contribution >= 4 is 11.8 Å². The van der Waals surface area contributed by atoms with Crippen LogP contribution in [-0.2, 0) is 9.59 Å². The molecule has 1 aromatic rings. The molecular formula is C22H31N3O3. The maximum absolute atomic E-state index is 13.1. The van der Waals surface area contributed by atoms with Crippen molar-refractivity contribution in [2.75, 3.05) is 19.7 Å². The molecule has 1 unspecified atom stereocenters. The first-order valence-corrected chi connectivity index (χ1v) is 10.6. The molecule has 3 aliphatic rings. The highest BCUT2D eigenvalue weighted by Crippen LogP contribution is 2.44. The minimum Gasteiger partial charge on any atom is -0.484 e. The molecule has 4 rings (SSSR count). The Morgan fingerprint density at radius 1 is 1.21 bits per heavy atom. The predicted octanol–water partition coefficient (Wildman–Crippen LogP) is 2.30. The fourth-order valence-corrected chi connectivity index (χ4v) is 4.61. The minimum absolute atomic E-state index is 0.0407. The van der Waals surface area contributed by atoms with E-state index in [1.54, 1.807) is 0 Å². The first kappa shape index (κ1) is 19.2. The smallest absolute Gasteiger partial charge is 0.258 e. The van der Waals surface area contributed by atoms with Crippen LogP contribution < -0.4 is 20.7 Å². The highest BCUT2D eigenvalue weighted by Gasteiger charge is 2.49. The number of nitrogens with one attached hydrogen (secondary N) is 3. The van der Waals surface area contributed by atoms with Gasteiger partial charge in [0.25, 0.3) is 5.91 Å². The van der Waals surface area contributed by atoms with Crippen molar-refractivity contribution in [1.82, 2.24) is 16.0 Å². The Bertz CT molecular complexity index is 716. The first-order valence-electron chi connectivity index (χ1n) is 10.6. The monoisotopic (exact) mass is 385 g/mol. The van der Waals surface area contributed by atoms with Gasteiger partial charge in [-0.15, -0.1) is 0 Å². The van der Waals surface area contributed by atoms with Crippen LogP contribution in [0.15, 0.2) is 24.3 Å². The van der Waals surface area contributed by atoms with E-state index >= 15 is 0 Å². The Kier molecular flexibility index (Phi) is 5.58. The normalized spacial score (nSPS) is 27.5. The van der Waals surface area contributed by atoms with Crippen LogP contribution in [0.3, 0.4) is 0 Å². The summed E-state index contributed by atoms with van der Waals surface area (Å²) in [4.78, 5) is 24.8. The Morgan fingerprint density at radius 2 is 2.00 bits per heavy atom. The van der Waals surface area contributed by atoms with Gasteiger partial charge in [-0.2, -0.15) is 0 Å². The maximum Gasteiger partial charge on any atom is 0.258 e. The third kappa shape index (κ3) is 4.17. The molecule has 1 aromatic carbocycles. The first-order chi connectivity index (χ1) is 13.6. The van der Waals surface area contributed by atoms with Gasteiger partial charge in [0.15, 0.2) is 6.61 Å². The van der Waals surface area contributed by atoms with Crippen LogP contribution in [0.1, 0.15) is 57.1 Å². The number of hydrogen-bond acceptors (Lipinski definition) is 4. The van der Waals surface area contributed by atoms with E-state index in [1.165, 1.54) is 6.42 Å². The summed E-state index contributed by atoms with van der Waals surface area (Å²) in [7, 11) is 0. The lowest BCUT2D eigenvalue weighted by molar-refractivity contribution is -0.134. The van der Waals surface area contributed by atoms with E-state index in [9.17, 15) is 9.59 Å². The summed E-state index contributed by atoms with van der Waals surface area (Å²) in [5.41, 5.74) is 0.808. The second kappa shape index (κ2) is 8.11. The van der Waals surface area contributed by atoms with E-state index < -0.39 is 0 Å². The summed E-state index contributed by atoms with van der Waals surface area (Å²) in [5.74, 6) is 1.25. The third-order valence-electron chi connectivity index (χ3n) is 6.53. The van der Waals surface area contributed by atoms with Gasteiger partial charge in [-0.05, 0) is 62.8 Å². The SMILES string of the molecule is CC(NC(=O)[C@@]12CCCC[C@H]1CNC2)c1ccc(OCC(=O)NC2CC2)cc1. The molecule has 3 fully saturated rings. The third-order valence-corrected chi connectivity index (χ3v) is 6.53. The van der Waals surface area contributed by atoms with Crippen LogP contribution >= 0.6 is 0 Å². The molecule has 6 nitrogen and oxygen atoms in total. The Balaban J connectivity index is 1.31. The quantitative estimate of drug-likeness (QED) is 0.673. The number of hydrogen-bond donors (Lipinski definition) is 3. The van der Waals surface area contributed by atoms with Crippen LogP contribution in [0.5, 0.6) is 5.75 Å². The van der Waals surface area contributed by atoms with Crippen LogP contribution in [0.25, 0.3) is 0 Å². The molecule has 3 atom stereocenters. The largest absolute Gasteiger partial charge is 0.484 e. The van der Waals surface area contributed by atoms with Gasteiger partial charge in [0.1, 0.15) is 5.75 Å². The lowest BCUT2D eigenvalue weighted by Gasteiger charge is -2.38. The second-order valence-corrected chi connectivity index (χ2v) is 8.62. The molecule has 28 heavy (non-hydrogen) atoms. The van der Waals surface area contributed by atoms with Crippen molar-refractivity contribution < 1.29 is 14.3 Å². The Morgan fingerprint density at radius 3 is 2.75 bits per heavy atom. The summed E-state index contributed by atoms with van der Waals surface area (Å²) in [6.45, 7) is 3.82. The van der Waals surface area contributed by atoms with E-state index in [4.69, 9.17) is 4.74 Å². The zero-order chi connectivity index (χ0) is 19.6. The molecule has 2 aliphatic carbocycles. The molecule has 152 valence electrons. The number of rotatable bonds is 7. The number of carbonyl (C=O) groups excluding carboxylic acids is 2.